The Hall–Kier alpha value is -1.42. The lowest BCUT2D eigenvalue weighted by Gasteiger charge is -1.87. The minimum Gasteiger partial charge on any atom is -0.444 e. The fourth-order valence-electron chi connectivity index (χ4n) is 1.31. The van der Waals surface area contributed by atoms with Crippen LogP contribution in [0, 0.1) is 6.92 Å². The molecule has 0 amide bonds. The van der Waals surface area contributed by atoms with E-state index in [4.69, 9.17) is 4.42 Å². The molecule has 78 valence electrons. The molecule has 2 heterocycles. The molecular weight excluding hydrogens is 210 g/mol. The summed E-state index contributed by atoms with van der Waals surface area (Å²) in [6.07, 6.45) is 1.89. The summed E-state index contributed by atoms with van der Waals surface area (Å²) in [6.45, 7) is 3.58. The average molecular weight is 221 g/mol. The first-order valence-corrected chi connectivity index (χ1v) is 5.47. The van der Waals surface area contributed by atoms with Gasteiger partial charge in [0, 0.05) is 4.88 Å². The van der Waals surface area contributed by atoms with Crippen LogP contribution in [0.1, 0.15) is 17.5 Å². The van der Waals surface area contributed by atoms with Gasteiger partial charge in [0.1, 0.15) is 12.0 Å². The SMILES string of the molecule is CC(=O)Cc1coc(-c2ccc(C)s2)n1. The molecule has 0 bridgehead atoms. The molecule has 0 N–H and O–H groups in total. The highest BCUT2D eigenvalue weighted by atomic mass is 32.1. The van der Waals surface area contributed by atoms with Crippen LogP contribution in [0.25, 0.3) is 10.8 Å². The number of ketones is 1. The summed E-state index contributed by atoms with van der Waals surface area (Å²) in [6, 6.07) is 4.00. The van der Waals surface area contributed by atoms with Crippen molar-refractivity contribution in [3.8, 4) is 10.8 Å². The highest BCUT2D eigenvalue weighted by molar-refractivity contribution is 7.15. The van der Waals surface area contributed by atoms with Crippen LogP contribution < -0.4 is 0 Å². The number of hydrogen-bond acceptors (Lipinski definition) is 4. The first kappa shape index (κ1) is 10.1. The Kier molecular flexibility index (Phi) is 2.68. The molecule has 3 nitrogen and oxygen atoms in total. The lowest BCUT2D eigenvalue weighted by Crippen LogP contribution is -1.95. The van der Waals surface area contributed by atoms with E-state index in [2.05, 4.69) is 4.98 Å². The van der Waals surface area contributed by atoms with E-state index in [0.717, 1.165) is 4.88 Å². The Morgan fingerprint density at radius 1 is 1.53 bits per heavy atom. The van der Waals surface area contributed by atoms with Gasteiger partial charge >= 0.3 is 0 Å². The Labute approximate surface area is 91.8 Å². The molecule has 0 aliphatic heterocycles. The lowest BCUT2D eigenvalue weighted by atomic mass is 10.2. The number of hydrogen-bond donors (Lipinski definition) is 0. The maximum absolute atomic E-state index is 10.9. The number of oxazole rings is 1. The zero-order valence-electron chi connectivity index (χ0n) is 8.61. The summed E-state index contributed by atoms with van der Waals surface area (Å²) in [4.78, 5) is 17.4. The molecule has 4 heteroatoms. The molecule has 0 saturated heterocycles. The van der Waals surface area contributed by atoms with Crippen LogP contribution in [0.3, 0.4) is 0 Å². The van der Waals surface area contributed by atoms with Gasteiger partial charge in [-0.25, -0.2) is 4.98 Å². The number of carbonyl (C=O) groups is 1. The molecule has 2 aromatic rings. The maximum atomic E-state index is 10.9. The number of carbonyl (C=O) groups excluding carboxylic acids is 1. The number of aromatic nitrogens is 1. The Morgan fingerprint density at radius 2 is 2.33 bits per heavy atom. The van der Waals surface area contributed by atoms with Crippen LogP contribution in [0.15, 0.2) is 22.8 Å². The molecule has 0 unspecified atom stereocenters. The fourth-order valence-corrected chi connectivity index (χ4v) is 2.11. The molecule has 15 heavy (non-hydrogen) atoms. The summed E-state index contributed by atoms with van der Waals surface area (Å²) >= 11 is 1.63. The minimum atomic E-state index is 0.0946. The molecule has 0 aromatic carbocycles. The quantitative estimate of drug-likeness (QED) is 0.800. The van der Waals surface area contributed by atoms with Gasteiger partial charge in [0.05, 0.1) is 17.0 Å². The van der Waals surface area contributed by atoms with E-state index in [0.29, 0.717) is 18.0 Å². The van der Waals surface area contributed by atoms with Crippen LogP contribution in [0.2, 0.25) is 0 Å². The minimum absolute atomic E-state index is 0.0946. The molecule has 0 aliphatic rings. The van der Waals surface area contributed by atoms with Crippen LogP contribution in [0.5, 0.6) is 0 Å². The van der Waals surface area contributed by atoms with Gasteiger partial charge in [0.15, 0.2) is 0 Å². The van der Waals surface area contributed by atoms with Crippen molar-refractivity contribution in [1.29, 1.82) is 0 Å². The first-order chi connectivity index (χ1) is 7.15. The number of thiophene rings is 1. The molecule has 0 spiro atoms. The topological polar surface area (TPSA) is 43.1 Å². The smallest absolute Gasteiger partial charge is 0.236 e. The standard InChI is InChI=1S/C11H11NO2S/c1-7(13)5-9-6-14-11(12-9)10-4-3-8(2)15-10/h3-4,6H,5H2,1-2H3. The van der Waals surface area contributed by atoms with Gasteiger partial charge < -0.3 is 4.42 Å². The third kappa shape index (κ3) is 2.33. The summed E-state index contributed by atoms with van der Waals surface area (Å²) in [7, 11) is 0. The predicted molar refractivity (Wildman–Crippen MR) is 58.9 cm³/mol. The average Bonchev–Trinajstić information content (AvgIpc) is 2.72. The summed E-state index contributed by atoms with van der Waals surface area (Å²) < 4.78 is 5.31. The molecular formula is C11H11NO2S. The van der Waals surface area contributed by atoms with Crippen LogP contribution in [0.4, 0.5) is 0 Å². The van der Waals surface area contributed by atoms with Crippen molar-refractivity contribution in [2.24, 2.45) is 0 Å². The zero-order chi connectivity index (χ0) is 10.8. The van der Waals surface area contributed by atoms with Crippen LogP contribution in [-0.2, 0) is 11.2 Å². The van der Waals surface area contributed by atoms with Crippen molar-refractivity contribution in [1.82, 2.24) is 4.98 Å². The molecule has 0 saturated carbocycles. The van der Waals surface area contributed by atoms with Gasteiger partial charge in [-0.15, -0.1) is 11.3 Å². The van der Waals surface area contributed by atoms with Crippen molar-refractivity contribution in [2.75, 3.05) is 0 Å². The van der Waals surface area contributed by atoms with Crippen LogP contribution in [-0.4, -0.2) is 10.8 Å². The third-order valence-corrected chi connectivity index (χ3v) is 2.92. The Morgan fingerprint density at radius 3 is 2.93 bits per heavy atom. The second kappa shape index (κ2) is 3.98. The van der Waals surface area contributed by atoms with Crippen molar-refractivity contribution in [3.63, 3.8) is 0 Å². The first-order valence-electron chi connectivity index (χ1n) is 4.66. The summed E-state index contributed by atoms with van der Waals surface area (Å²) in [5.74, 6) is 0.696. The highest BCUT2D eigenvalue weighted by Gasteiger charge is 2.09. The second-order valence-corrected chi connectivity index (χ2v) is 4.72. The van der Waals surface area contributed by atoms with Crippen molar-refractivity contribution >= 4 is 17.1 Å². The van der Waals surface area contributed by atoms with E-state index in [9.17, 15) is 4.79 Å². The summed E-state index contributed by atoms with van der Waals surface area (Å²) in [5.41, 5.74) is 0.698. The number of rotatable bonds is 3. The van der Waals surface area contributed by atoms with Gasteiger partial charge in [-0.3, -0.25) is 4.79 Å². The van der Waals surface area contributed by atoms with Gasteiger partial charge in [-0.2, -0.15) is 0 Å². The molecule has 0 radical (unpaired) electrons. The monoisotopic (exact) mass is 221 g/mol. The van der Waals surface area contributed by atoms with E-state index in [1.54, 1.807) is 24.5 Å². The third-order valence-electron chi connectivity index (χ3n) is 1.93. The van der Waals surface area contributed by atoms with Gasteiger partial charge in [-0.1, -0.05) is 0 Å². The largest absolute Gasteiger partial charge is 0.444 e. The van der Waals surface area contributed by atoms with E-state index in [1.165, 1.54) is 4.88 Å². The molecule has 2 rings (SSSR count). The lowest BCUT2D eigenvalue weighted by molar-refractivity contribution is -0.116. The highest BCUT2D eigenvalue weighted by Crippen LogP contribution is 2.26. The predicted octanol–water partition coefficient (Wildman–Crippen LogP) is 2.84. The van der Waals surface area contributed by atoms with E-state index in [-0.39, 0.29) is 5.78 Å². The van der Waals surface area contributed by atoms with E-state index < -0.39 is 0 Å². The van der Waals surface area contributed by atoms with Crippen LogP contribution >= 0.6 is 11.3 Å². The number of aryl methyl sites for hydroxylation is 1. The van der Waals surface area contributed by atoms with Gasteiger partial charge in [0.25, 0.3) is 0 Å². The Balaban J connectivity index is 2.23. The second-order valence-electron chi connectivity index (χ2n) is 3.43. The fraction of sp³-hybridized carbons (Fsp3) is 0.273. The molecule has 0 atom stereocenters. The summed E-state index contributed by atoms with van der Waals surface area (Å²) in [5, 5.41) is 0. The van der Waals surface area contributed by atoms with Gasteiger partial charge in [-0.05, 0) is 26.0 Å². The van der Waals surface area contributed by atoms with Crippen molar-refractivity contribution < 1.29 is 9.21 Å². The van der Waals surface area contributed by atoms with Gasteiger partial charge in [0.2, 0.25) is 5.89 Å². The Bertz CT molecular complexity index is 484. The molecule has 2 aromatic heterocycles. The molecule has 0 fully saturated rings. The normalized spacial score (nSPS) is 10.5. The van der Waals surface area contributed by atoms with E-state index in [1.807, 2.05) is 19.1 Å². The van der Waals surface area contributed by atoms with Crippen molar-refractivity contribution in [3.05, 3.63) is 29.0 Å². The number of nitrogens with zero attached hydrogens (tertiary/aromatic N) is 1. The number of Topliss-reactive ketones (excluding diaryl/α,β-unsaturated/α-hetero) is 1. The molecule has 0 aliphatic carbocycles. The van der Waals surface area contributed by atoms with Crippen molar-refractivity contribution in [2.45, 2.75) is 20.3 Å². The van der Waals surface area contributed by atoms with E-state index >= 15 is 0 Å². The zero-order valence-corrected chi connectivity index (χ0v) is 9.43. The maximum Gasteiger partial charge on any atom is 0.236 e.